The van der Waals surface area contributed by atoms with Gasteiger partial charge in [-0.2, -0.15) is 0 Å². The van der Waals surface area contributed by atoms with Crippen molar-refractivity contribution in [1.82, 2.24) is 0 Å². The minimum absolute atomic E-state index is 0.617. The first-order valence-corrected chi connectivity index (χ1v) is 7.45. The highest BCUT2D eigenvalue weighted by atomic mass is 16.5. The van der Waals surface area contributed by atoms with E-state index < -0.39 is 0 Å². The van der Waals surface area contributed by atoms with E-state index in [4.69, 9.17) is 4.74 Å². The summed E-state index contributed by atoms with van der Waals surface area (Å²) < 4.78 is 5.38. The summed E-state index contributed by atoms with van der Waals surface area (Å²) in [6, 6.07) is 21.5. The van der Waals surface area contributed by atoms with Crippen LogP contribution in [0.1, 0.15) is 24.0 Å². The highest BCUT2D eigenvalue weighted by molar-refractivity contribution is 5.16. The number of ether oxygens (including phenoxy) is 1. The summed E-state index contributed by atoms with van der Waals surface area (Å²) in [4.78, 5) is 0. The van der Waals surface area contributed by atoms with Crippen LogP contribution in [0.2, 0.25) is 0 Å². The zero-order chi connectivity index (χ0) is 14.0. The third kappa shape index (κ3) is 5.18. The van der Waals surface area contributed by atoms with Crippen LogP contribution in [-0.4, -0.2) is 13.7 Å². The van der Waals surface area contributed by atoms with Crippen molar-refractivity contribution in [1.29, 1.82) is 0 Å². The lowest BCUT2D eigenvalue weighted by Crippen LogP contribution is -2.12. The molecule has 0 heterocycles. The molecule has 2 aromatic rings. The van der Waals surface area contributed by atoms with Crippen LogP contribution in [0.4, 0.5) is 0 Å². The van der Waals surface area contributed by atoms with Crippen molar-refractivity contribution < 1.29 is 4.74 Å². The first-order valence-electron chi connectivity index (χ1n) is 7.45. The molecule has 0 fully saturated rings. The van der Waals surface area contributed by atoms with Gasteiger partial charge in [0.1, 0.15) is 0 Å². The lowest BCUT2D eigenvalue weighted by atomic mass is 9.94. The van der Waals surface area contributed by atoms with Gasteiger partial charge in [0, 0.05) is 13.7 Å². The third-order valence-corrected chi connectivity index (χ3v) is 3.69. The number of aryl methyl sites for hydroxylation is 1. The van der Waals surface area contributed by atoms with Gasteiger partial charge < -0.3 is 4.74 Å². The zero-order valence-corrected chi connectivity index (χ0v) is 12.3. The Kier molecular flexibility index (Phi) is 6.33. The topological polar surface area (TPSA) is 9.23 Å². The van der Waals surface area contributed by atoms with Gasteiger partial charge in [-0.05, 0) is 42.7 Å². The molecule has 1 heteroatoms. The van der Waals surface area contributed by atoms with Crippen LogP contribution in [0.3, 0.4) is 0 Å². The van der Waals surface area contributed by atoms with E-state index >= 15 is 0 Å². The number of hydrogen-bond acceptors (Lipinski definition) is 1. The van der Waals surface area contributed by atoms with Crippen LogP contribution in [0.15, 0.2) is 60.7 Å². The molecule has 0 amide bonds. The summed E-state index contributed by atoms with van der Waals surface area (Å²) in [6.07, 6.45) is 4.72. The van der Waals surface area contributed by atoms with E-state index in [9.17, 15) is 0 Å². The predicted octanol–water partition coefficient (Wildman–Crippen LogP) is 4.51. The van der Waals surface area contributed by atoms with Gasteiger partial charge in [-0.3, -0.25) is 0 Å². The zero-order valence-electron chi connectivity index (χ0n) is 12.3. The van der Waals surface area contributed by atoms with Crippen molar-refractivity contribution in [2.45, 2.75) is 25.7 Å². The van der Waals surface area contributed by atoms with Crippen molar-refractivity contribution in [2.24, 2.45) is 5.92 Å². The maximum Gasteiger partial charge on any atom is 0.0493 e. The molecular formula is C19H24O. The Hall–Kier alpha value is -1.60. The predicted molar refractivity (Wildman–Crippen MR) is 84.9 cm³/mol. The fourth-order valence-corrected chi connectivity index (χ4v) is 2.67. The van der Waals surface area contributed by atoms with Gasteiger partial charge >= 0.3 is 0 Å². The first-order chi connectivity index (χ1) is 9.88. The minimum Gasteiger partial charge on any atom is -0.384 e. The number of benzene rings is 2. The van der Waals surface area contributed by atoms with Gasteiger partial charge in [0.25, 0.3) is 0 Å². The molecule has 0 bridgehead atoms. The quantitative estimate of drug-likeness (QED) is 0.684. The SMILES string of the molecule is COCC(CCCc1ccccc1)Cc1ccccc1. The van der Waals surface area contributed by atoms with Crippen molar-refractivity contribution in [3.63, 3.8) is 0 Å². The van der Waals surface area contributed by atoms with Crippen molar-refractivity contribution in [3.05, 3.63) is 71.8 Å². The Morgan fingerprint density at radius 1 is 0.850 bits per heavy atom. The molecule has 0 spiro atoms. The third-order valence-electron chi connectivity index (χ3n) is 3.69. The molecule has 2 aromatic carbocycles. The largest absolute Gasteiger partial charge is 0.384 e. The molecule has 0 saturated carbocycles. The summed E-state index contributed by atoms with van der Waals surface area (Å²) in [6.45, 7) is 0.851. The molecule has 0 radical (unpaired) electrons. The summed E-state index contributed by atoms with van der Waals surface area (Å²) in [5.41, 5.74) is 2.85. The molecule has 1 atom stereocenters. The number of rotatable bonds is 8. The van der Waals surface area contributed by atoms with E-state index in [0.717, 1.165) is 19.4 Å². The molecular weight excluding hydrogens is 244 g/mol. The summed E-state index contributed by atoms with van der Waals surface area (Å²) in [7, 11) is 1.80. The monoisotopic (exact) mass is 268 g/mol. The highest BCUT2D eigenvalue weighted by Crippen LogP contribution is 2.16. The van der Waals surface area contributed by atoms with Crippen LogP contribution in [0.5, 0.6) is 0 Å². The fraction of sp³-hybridized carbons (Fsp3) is 0.368. The summed E-state index contributed by atoms with van der Waals surface area (Å²) in [5, 5.41) is 0. The molecule has 0 aliphatic carbocycles. The van der Waals surface area contributed by atoms with Gasteiger partial charge in [-0.1, -0.05) is 60.7 Å². The van der Waals surface area contributed by atoms with Gasteiger partial charge in [-0.25, -0.2) is 0 Å². The van der Waals surface area contributed by atoms with E-state index in [-0.39, 0.29) is 0 Å². The van der Waals surface area contributed by atoms with Crippen molar-refractivity contribution in [3.8, 4) is 0 Å². The molecule has 1 nitrogen and oxygen atoms in total. The Bertz CT molecular complexity index is 464. The van der Waals surface area contributed by atoms with Gasteiger partial charge in [-0.15, -0.1) is 0 Å². The van der Waals surface area contributed by atoms with Crippen LogP contribution >= 0.6 is 0 Å². The maximum absolute atomic E-state index is 5.38. The second-order valence-electron chi connectivity index (χ2n) is 5.39. The van der Waals surface area contributed by atoms with Crippen molar-refractivity contribution >= 4 is 0 Å². The molecule has 106 valence electrons. The standard InChI is InChI=1S/C19H24O/c1-20-16-19(15-18-11-6-3-7-12-18)14-8-13-17-9-4-2-5-10-17/h2-7,9-12,19H,8,13-16H2,1H3. The summed E-state index contributed by atoms with van der Waals surface area (Å²) in [5.74, 6) is 0.617. The maximum atomic E-state index is 5.38. The lowest BCUT2D eigenvalue weighted by molar-refractivity contribution is 0.146. The Morgan fingerprint density at radius 2 is 1.45 bits per heavy atom. The molecule has 1 unspecified atom stereocenters. The molecule has 0 N–H and O–H groups in total. The smallest absolute Gasteiger partial charge is 0.0493 e. The highest BCUT2D eigenvalue weighted by Gasteiger charge is 2.09. The molecule has 0 aromatic heterocycles. The second-order valence-corrected chi connectivity index (χ2v) is 5.39. The van der Waals surface area contributed by atoms with Crippen LogP contribution in [0.25, 0.3) is 0 Å². The van der Waals surface area contributed by atoms with E-state index in [1.54, 1.807) is 7.11 Å². The second kappa shape index (κ2) is 8.55. The van der Waals surface area contributed by atoms with E-state index in [1.165, 1.54) is 24.0 Å². The van der Waals surface area contributed by atoms with E-state index in [0.29, 0.717) is 5.92 Å². The Balaban J connectivity index is 1.80. The molecule has 0 saturated heterocycles. The van der Waals surface area contributed by atoms with Crippen LogP contribution < -0.4 is 0 Å². The molecule has 2 rings (SSSR count). The van der Waals surface area contributed by atoms with Crippen LogP contribution in [0, 0.1) is 5.92 Å². The Morgan fingerprint density at radius 3 is 2.05 bits per heavy atom. The normalized spacial score (nSPS) is 12.2. The summed E-state index contributed by atoms with van der Waals surface area (Å²) >= 11 is 0. The van der Waals surface area contributed by atoms with Gasteiger partial charge in [0.05, 0.1) is 0 Å². The average Bonchev–Trinajstić information content (AvgIpc) is 2.49. The first kappa shape index (κ1) is 14.8. The fourth-order valence-electron chi connectivity index (χ4n) is 2.67. The van der Waals surface area contributed by atoms with E-state index in [2.05, 4.69) is 60.7 Å². The molecule has 0 aliphatic heterocycles. The lowest BCUT2D eigenvalue weighted by Gasteiger charge is -2.16. The Labute approximate surface area is 122 Å². The molecule has 20 heavy (non-hydrogen) atoms. The van der Waals surface area contributed by atoms with Gasteiger partial charge in [0.2, 0.25) is 0 Å². The van der Waals surface area contributed by atoms with E-state index in [1.807, 2.05) is 0 Å². The average molecular weight is 268 g/mol. The minimum atomic E-state index is 0.617. The number of methoxy groups -OCH3 is 1. The van der Waals surface area contributed by atoms with Gasteiger partial charge in [0.15, 0.2) is 0 Å². The molecule has 0 aliphatic rings. The van der Waals surface area contributed by atoms with Crippen molar-refractivity contribution in [2.75, 3.05) is 13.7 Å². The number of hydrogen-bond donors (Lipinski definition) is 0. The van der Waals surface area contributed by atoms with Crippen LogP contribution in [-0.2, 0) is 17.6 Å².